The monoisotopic (exact) mass is 429 g/mol. The number of H-pyrrole nitrogens is 1. The molecule has 0 fully saturated rings. The number of rotatable bonds is 11. The molecular weight excluding hydrogens is 402 g/mol. The Morgan fingerprint density at radius 3 is 2.66 bits per heavy atom. The number of anilines is 1. The number of aromatic amines is 1. The number of pyridine rings is 1. The largest absolute Gasteiger partial charge is 0.494 e. The molecule has 3 N–H and O–H groups in total. The van der Waals surface area contributed by atoms with E-state index in [0.29, 0.717) is 19.4 Å². The zero-order chi connectivity index (χ0) is 22.2. The van der Waals surface area contributed by atoms with Gasteiger partial charge in [-0.05, 0) is 54.8 Å². The van der Waals surface area contributed by atoms with Crippen LogP contribution in [0.3, 0.4) is 0 Å². The van der Waals surface area contributed by atoms with E-state index in [2.05, 4.69) is 15.3 Å². The first kappa shape index (κ1) is 21.4. The number of ether oxygens (including phenoxy) is 1. The van der Waals surface area contributed by atoms with Gasteiger partial charge in [-0.3, -0.25) is 4.79 Å². The molecule has 4 rings (SSSR count). The molecule has 2 aromatic carbocycles. The van der Waals surface area contributed by atoms with Crippen LogP contribution in [0.4, 0.5) is 5.82 Å². The number of carboxylic acid groups (broad SMARTS) is 1. The molecule has 0 aliphatic heterocycles. The van der Waals surface area contributed by atoms with Crippen LogP contribution in [-0.4, -0.2) is 34.2 Å². The van der Waals surface area contributed by atoms with Crippen molar-refractivity contribution < 1.29 is 14.6 Å². The molecule has 6 heteroatoms. The highest BCUT2D eigenvalue weighted by Crippen LogP contribution is 2.24. The van der Waals surface area contributed by atoms with Crippen LogP contribution in [0.1, 0.15) is 17.7 Å². The minimum absolute atomic E-state index is 0.453. The Morgan fingerprint density at radius 1 is 1.03 bits per heavy atom. The van der Waals surface area contributed by atoms with Gasteiger partial charge in [0.2, 0.25) is 0 Å². The third-order valence-electron chi connectivity index (χ3n) is 5.35. The molecule has 0 amide bonds. The molecule has 4 aromatic rings. The molecule has 0 aliphatic carbocycles. The minimum Gasteiger partial charge on any atom is -0.494 e. The number of aromatic nitrogens is 2. The molecule has 2 aromatic heterocycles. The first-order valence-electron chi connectivity index (χ1n) is 10.8. The highest BCUT2D eigenvalue weighted by Gasteiger charge is 2.19. The van der Waals surface area contributed by atoms with Crippen LogP contribution in [0.5, 0.6) is 5.75 Å². The van der Waals surface area contributed by atoms with Crippen molar-refractivity contribution >= 4 is 22.7 Å². The predicted molar refractivity (Wildman–Crippen MR) is 126 cm³/mol. The van der Waals surface area contributed by atoms with Crippen LogP contribution >= 0.6 is 0 Å². The number of nitrogens with one attached hydrogen (secondary N) is 2. The van der Waals surface area contributed by atoms with Crippen molar-refractivity contribution in [3.8, 4) is 5.75 Å². The lowest BCUT2D eigenvalue weighted by Crippen LogP contribution is -2.19. The zero-order valence-corrected chi connectivity index (χ0v) is 17.8. The summed E-state index contributed by atoms with van der Waals surface area (Å²) in [6, 6.07) is 23.5. The van der Waals surface area contributed by atoms with Crippen molar-refractivity contribution in [3.05, 3.63) is 90.3 Å². The molecule has 6 nitrogen and oxygen atoms in total. The summed E-state index contributed by atoms with van der Waals surface area (Å²) in [4.78, 5) is 19.4. The van der Waals surface area contributed by atoms with Gasteiger partial charge < -0.3 is 20.1 Å². The first-order chi connectivity index (χ1) is 15.7. The van der Waals surface area contributed by atoms with Crippen LogP contribution < -0.4 is 10.1 Å². The predicted octanol–water partition coefficient (Wildman–Crippen LogP) is 4.93. The van der Waals surface area contributed by atoms with Crippen molar-refractivity contribution in [3.63, 3.8) is 0 Å². The molecule has 0 aliphatic rings. The summed E-state index contributed by atoms with van der Waals surface area (Å²) < 4.78 is 5.89. The maximum absolute atomic E-state index is 11.8. The summed E-state index contributed by atoms with van der Waals surface area (Å²) in [6.07, 6.45) is 3.58. The number of carbonyl (C=O) groups is 1. The highest BCUT2D eigenvalue weighted by atomic mass is 16.5. The maximum atomic E-state index is 11.8. The number of carboxylic acids is 1. The van der Waals surface area contributed by atoms with Gasteiger partial charge in [0.1, 0.15) is 11.6 Å². The van der Waals surface area contributed by atoms with E-state index in [1.807, 2.05) is 72.8 Å². The number of benzene rings is 2. The third-order valence-corrected chi connectivity index (χ3v) is 5.35. The molecular formula is C26H27N3O3. The SMILES string of the molecule is O=C(O)C(Cc1ccccc1)Cc1cc2cc(OCCCNc3ccccn3)ccc2[nH]1. The molecule has 1 unspecified atom stereocenters. The lowest BCUT2D eigenvalue weighted by molar-refractivity contribution is -0.141. The Balaban J connectivity index is 1.32. The molecule has 164 valence electrons. The molecule has 2 heterocycles. The van der Waals surface area contributed by atoms with Crippen molar-refractivity contribution in [1.82, 2.24) is 9.97 Å². The van der Waals surface area contributed by atoms with Crippen LogP contribution in [0.2, 0.25) is 0 Å². The lowest BCUT2D eigenvalue weighted by atomic mass is 9.95. The van der Waals surface area contributed by atoms with Crippen molar-refractivity contribution in [2.45, 2.75) is 19.3 Å². The fraction of sp³-hybridized carbons (Fsp3) is 0.231. The second-order valence-electron chi connectivity index (χ2n) is 7.82. The Kier molecular flexibility index (Phi) is 7.02. The average Bonchev–Trinajstić information content (AvgIpc) is 3.21. The van der Waals surface area contributed by atoms with Gasteiger partial charge in [-0.2, -0.15) is 0 Å². The lowest BCUT2D eigenvalue weighted by Gasteiger charge is -2.11. The van der Waals surface area contributed by atoms with Gasteiger partial charge in [-0.1, -0.05) is 36.4 Å². The molecule has 0 saturated heterocycles. The number of hydrogen-bond donors (Lipinski definition) is 3. The van der Waals surface area contributed by atoms with Crippen molar-refractivity contribution in [2.24, 2.45) is 5.92 Å². The van der Waals surface area contributed by atoms with E-state index in [-0.39, 0.29) is 0 Å². The van der Waals surface area contributed by atoms with E-state index >= 15 is 0 Å². The Labute approximate surface area is 187 Å². The van der Waals surface area contributed by atoms with Gasteiger partial charge in [0.05, 0.1) is 12.5 Å². The van der Waals surface area contributed by atoms with Crippen LogP contribution in [0, 0.1) is 5.92 Å². The third kappa shape index (κ3) is 5.88. The summed E-state index contributed by atoms with van der Waals surface area (Å²) in [5.74, 6) is 0.407. The number of hydrogen-bond acceptors (Lipinski definition) is 4. The Hall–Kier alpha value is -3.80. The van der Waals surface area contributed by atoms with Gasteiger partial charge in [-0.25, -0.2) is 4.98 Å². The van der Waals surface area contributed by atoms with Crippen molar-refractivity contribution in [1.29, 1.82) is 0 Å². The van der Waals surface area contributed by atoms with Gasteiger partial charge in [0.15, 0.2) is 0 Å². The normalized spacial score (nSPS) is 11.9. The van der Waals surface area contributed by atoms with Gasteiger partial charge in [0, 0.05) is 35.8 Å². The van der Waals surface area contributed by atoms with Gasteiger partial charge >= 0.3 is 5.97 Å². The van der Waals surface area contributed by atoms with Crippen LogP contribution in [0.25, 0.3) is 10.9 Å². The topological polar surface area (TPSA) is 87.2 Å². The summed E-state index contributed by atoms with van der Waals surface area (Å²) in [5, 5.41) is 14.0. The van der Waals surface area contributed by atoms with Crippen LogP contribution in [0.15, 0.2) is 79.0 Å². The molecule has 0 radical (unpaired) electrons. The standard InChI is InChI=1S/C26H27N3O3/c30-26(31)21(15-19-7-2-1-3-8-19)17-22-16-20-18-23(10-11-24(20)29-22)32-14-6-13-28-25-9-4-5-12-27-25/h1-5,7-12,16,18,21,29H,6,13-15,17H2,(H,27,28)(H,30,31). The van der Waals surface area contributed by atoms with E-state index in [0.717, 1.165) is 46.7 Å². The Bertz CT molecular complexity index is 1140. The van der Waals surface area contributed by atoms with E-state index in [1.54, 1.807) is 6.20 Å². The minimum atomic E-state index is -0.782. The summed E-state index contributed by atoms with van der Waals surface area (Å²) in [6.45, 7) is 1.38. The summed E-state index contributed by atoms with van der Waals surface area (Å²) in [5.41, 5.74) is 2.93. The molecule has 0 saturated carbocycles. The van der Waals surface area contributed by atoms with E-state index < -0.39 is 11.9 Å². The summed E-state index contributed by atoms with van der Waals surface area (Å²) in [7, 11) is 0. The summed E-state index contributed by atoms with van der Waals surface area (Å²) >= 11 is 0. The smallest absolute Gasteiger partial charge is 0.307 e. The van der Waals surface area contributed by atoms with E-state index in [1.165, 1.54) is 0 Å². The number of fused-ring (bicyclic) bond motifs is 1. The molecule has 0 spiro atoms. The quantitative estimate of drug-likeness (QED) is 0.294. The average molecular weight is 430 g/mol. The van der Waals surface area contributed by atoms with E-state index in [4.69, 9.17) is 4.74 Å². The fourth-order valence-electron chi connectivity index (χ4n) is 3.73. The van der Waals surface area contributed by atoms with E-state index in [9.17, 15) is 9.90 Å². The van der Waals surface area contributed by atoms with Crippen molar-refractivity contribution in [2.75, 3.05) is 18.5 Å². The maximum Gasteiger partial charge on any atom is 0.307 e. The number of nitrogens with zero attached hydrogens (tertiary/aromatic N) is 1. The van der Waals surface area contributed by atoms with Gasteiger partial charge in [0.25, 0.3) is 0 Å². The second kappa shape index (κ2) is 10.5. The fourth-order valence-corrected chi connectivity index (χ4v) is 3.73. The zero-order valence-electron chi connectivity index (χ0n) is 17.8. The van der Waals surface area contributed by atoms with Crippen LogP contribution in [-0.2, 0) is 17.6 Å². The second-order valence-corrected chi connectivity index (χ2v) is 7.82. The Morgan fingerprint density at radius 2 is 1.88 bits per heavy atom. The molecule has 0 bridgehead atoms. The van der Waals surface area contributed by atoms with Gasteiger partial charge in [-0.15, -0.1) is 0 Å². The molecule has 32 heavy (non-hydrogen) atoms. The molecule has 1 atom stereocenters. The highest BCUT2D eigenvalue weighted by molar-refractivity contribution is 5.82. The number of aliphatic carboxylic acids is 1. The first-order valence-corrected chi connectivity index (χ1v) is 10.8.